The molecule has 0 unspecified atom stereocenters. The van der Waals surface area contributed by atoms with Crippen LogP contribution >= 0.6 is 35.6 Å². The summed E-state index contributed by atoms with van der Waals surface area (Å²) in [6.07, 6.45) is 1.23. The molecular formula is C16H26ClIN4O2S. The van der Waals surface area contributed by atoms with Gasteiger partial charge in [-0.15, -0.1) is 24.0 Å². The van der Waals surface area contributed by atoms with E-state index < -0.39 is 9.84 Å². The van der Waals surface area contributed by atoms with Gasteiger partial charge in [-0.05, 0) is 19.1 Å². The number of benzene rings is 1. The second-order valence-corrected chi connectivity index (χ2v) is 8.46. The molecule has 6 nitrogen and oxygen atoms in total. The van der Waals surface area contributed by atoms with Crippen LogP contribution in [0.15, 0.2) is 29.3 Å². The van der Waals surface area contributed by atoms with E-state index in [0.29, 0.717) is 0 Å². The third-order valence-corrected chi connectivity index (χ3v) is 5.07. The molecule has 1 aromatic rings. The highest BCUT2D eigenvalue weighted by Gasteiger charge is 2.21. The number of nitrogens with zero attached hydrogens (tertiary/aromatic N) is 3. The molecule has 1 N–H and O–H groups in total. The highest BCUT2D eigenvalue weighted by Crippen LogP contribution is 2.25. The van der Waals surface area contributed by atoms with Gasteiger partial charge in [-0.1, -0.05) is 23.7 Å². The van der Waals surface area contributed by atoms with Gasteiger partial charge in [-0.3, -0.25) is 4.99 Å². The summed E-state index contributed by atoms with van der Waals surface area (Å²) in [7, 11) is -2.99. The van der Waals surface area contributed by atoms with E-state index in [1.165, 1.54) is 6.26 Å². The number of aliphatic imine (C=N–C) groups is 1. The van der Waals surface area contributed by atoms with E-state index in [1.807, 2.05) is 31.2 Å². The maximum absolute atomic E-state index is 11.3. The quantitative estimate of drug-likeness (QED) is 0.381. The number of hydrogen-bond donors (Lipinski definition) is 1. The highest BCUT2D eigenvalue weighted by atomic mass is 127. The first-order valence-corrected chi connectivity index (χ1v) is 10.5. The average Bonchev–Trinajstić information content (AvgIpc) is 2.54. The Hall–Kier alpha value is -0.740. The van der Waals surface area contributed by atoms with Crippen molar-refractivity contribution in [1.29, 1.82) is 0 Å². The molecule has 1 fully saturated rings. The molecule has 0 bridgehead atoms. The first-order valence-electron chi connectivity index (χ1n) is 8.11. The van der Waals surface area contributed by atoms with Gasteiger partial charge in [-0.2, -0.15) is 0 Å². The summed E-state index contributed by atoms with van der Waals surface area (Å²) in [6.45, 7) is 6.37. The van der Waals surface area contributed by atoms with E-state index >= 15 is 0 Å². The van der Waals surface area contributed by atoms with Crippen LogP contribution in [-0.4, -0.2) is 70.6 Å². The zero-order valence-corrected chi connectivity index (χ0v) is 18.5. The number of nitrogens with one attached hydrogen (secondary N) is 1. The van der Waals surface area contributed by atoms with Crippen molar-refractivity contribution in [1.82, 2.24) is 10.2 Å². The van der Waals surface area contributed by atoms with Crippen molar-refractivity contribution in [3.05, 3.63) is 29.3 Å². The third-order valence-electron chi connectivity index (χ3n) is 3.83. The SMILES string of the molecule is CCNC(=NCCS(C)(=O)=O)N1CCN(c2ccccc2Cl)CC1.I. The van der Waals surface area contributed by atoms with Gasteiger partial charge in [-0.25, -0.2) is 8.42 Å². The lowest BCUT2D eigenvalue weighted by atomic mass is 10.2. The van der Waals surface area contributed by atoms with Crippen LogP contribution in [0.3, 0.4) is 0 Å². The van der Waals surface area contributed by atoms with E-state index in [9.17, 15) is 8.42 Å². The Morgan fingerprint density at radius 3 is 2.44 bits per heavy atom. The molecule has 0 radical (unpaired) electrons. The van der Waals surface area contributed by atoms with Crippen molar-refractivity contribution in [2.45, 2.75) is 6.92 Å². The number of guanidine groups is 1. The molecule has 0 atom stereocenters. The largest absolute Gasteiger partial charge is 0.367 e. The van der Waals surface area contributed by atoms with Gasteiger partial charge in [0, 0.05) is 39.0 Å². The van der Waals surface area contributed by atoms with Crippen LogP contribution in [0.1, 0.15) is 6.92 Å². The summed E-state index contributed by atoms with van der Waals surface area (Å²) >= 11 is 6.27. The first-order chi connectivity index (χ1) is 11.4. The smallest absolute Gasteiger partial charge is 0.194 e. The molecule has 1 saturated heterocycles. The van der Waals surface area contributed by atoms with Gasteiger partial charge in [0.2, 0.25) is 0 Å². The Balaban J connectivity index is 0.00000312. The topological polar surface area (TPSA) is 65.0 Å². The van der Waals surface area contributed by atoms with E-state index in [4.69, 9.17) is 11.6 Å². The third kappa shape index (κ3) is 7.18. The molecule has 0 spiro atoms. The predicted octanol–water partition coefficient (Wildman–Crippen LogP) is 2.09. The number of anilines is 1. The maximum atomic E-state index is 11.3. The molecule has 2 rings (SSSR count). The van der Waals surface area contributed by atoms with Gasteiger partial charge in [0.25, 0.3) is 0 Å². The number of sulfone groups is 1. The highest BCUT2D eigenvalue weighted by molar-refractivity contribution is 14.0. The molecule has 1 aromatic carbocycles. The molecular weight excluding hydrogens is 475 g/mol. The fourth-order valence-electron chi connectivity index (χ4n) is 2.61. The average molecular weight is 501 g/mol. The van der Waals surface area contributed by atoms with Crippen LogP contribution < -0.4 is 10.2 Å². The lowest BCUT2D eigenvalue weighted by Crippen LogP contribution is -2.52. The van der Waals surface area contributed by atoms with Gasteiger partial charge in [0.05, 0.1) is 23.0 Å². The van der Waals surface area contributed by atoms with Crippen LogP contribution in [0.5, 0.6) is 0 Å². The van der Waals surface area contributed by atoms with Crippen LogP contribution in [0.4, 0.5) is 5.69 Å². The summed E-state index contributed by atoms with van der Waals surface area (Å²) in [6, 6.07) is 7.85. The summed E-state index contributed by atoms with van der Waals surface area (Å²) < 4.78 is 22.5. The van der Waals surface area contributed by atoms with Crippen molar-refractivity contribution in [3.8, 4) is 0 Å². The minimum Gasteiger partial charge on any atom is -0.367 e. The van der Waals surface area contributed by atoms with E-state index in [0.717, 1.165) is 49.4 Å². The maximum Gasteiger partial charge on any atom is 0.194 e. The number of piperazine rings is 1. The number of para-hydroxylation sites is 1. The summed E-state index contributed by atoms with van der Waals surface area (Å²) in [5.74, 6) is 0.849. The van der Waals surface area contributed by atoms with Crippen molar-refractivity contribution >= 4 is 57.1 Å². The van der Waals surface area contributed by atoms with Crippen LogP contribution in [0.25, 0.3) is 0 Å². The van der Waals surface area contributed by atoms with Gasteiger partial charge in [0.1, 0.15) is 9.84 Å². The number of rotatable bonds is 5. The van der Waals surface area contributed by atoms with Crippen molar-refractivity contribution in [2.75, 3.05) is 56.2 Å². The minimum absolute atomic E-state index is 0. The monoisotopic (exact) mass is 500 g/mol. The van der Waals surface area contributed by atoms with Crippen LogP contribution in [0.2, 0.25) is 5.02 Å². The number of halogens is 2. The molecule has 9 heteroatoms. The molecule has 1 heterocycles. The van der Waals surface area contributed by atoms with Gasteiger partial charge in [0.15, 0.2) is 5.96 Å². The molecule has 142 valence electrons. The van der Waals surface area contributed by atoms with E-state index in [-0.39, 0.29) is 36.3 Å². The normalized spacial score (nSPS) is 15.7. The molecule has 0 aromatic heterocycles. The minimum atomic E-state index is -2.99. The van der Waals surface area contributed by atoms with Crippen molar-refractivity contribution < 1.29 is 8.42 Å². The fourth-order valence-corrected chi connectivity index (χ4v) is 3.29. The second-order valence-electron chi connectivity index (χ2n) is 5.79. The zero-order chi connectivity index (χ0) is 17.6. The summed E-state index contributed by atoms with van der Waals surface area (Å²) in [4.78, 5) is 8.87. The first kappa shape index (κ1) is 22.3. The predicted molar refractivity (Wildman–Crippen MR) is 116 cm³/mol. The zero-order valence-electron chi connectivity index (χ0n) is 14.6. The fraction of sp³-hybridized carbons (Fsp3) is 0.562. The summed E-state index contributed by atoms with van der Waals surface area (Å²) in [5, 5.41) is 4.00. The Morgan fingerprint density at radius 2 is 1.88 bits per heavy atom. The van der Waals surface area contributed by atoms with E-state index in [1.54, 1.807) is 0 Å². The van der Waals surface area contributed by atoms with Crippen molar-refractivity contribution in [3.63, 3.8) is 0 Å². The standard InChI is InChI=1S/C16H25ClN4O2S.HI/c1-3-18-16(19-8-13-24(2,22)23)21-11-9-20(10-12-21)15-7-5-4-6-14(15)17;/h4-7H,3,8-13H2,1-2H3,(H,18,19);1H. The lowest BCUT2D eigenvalue weighted by molar-refractivity contribution is 0.373. The Bertz CT molecular complexity index is 676. The second kappa shape index (κ2) is 10.4. The Kier molecular flexibility index (Phi) is 9.29. The molecule has 1 aliphatic rings. The summed E-state index contributed by atoms with van der Waals surface area (Å²) in [5.41, 5.74) is 1.05. The van der Waals surface area contributed by atoms with Gasteiger partial charge < -0.3 is 15.1 Å². The van der Waals surface area contributed by atoms with Crippen LogP contribution in [0, 0.1) is 0 Å². The van der Waals surface area contributed by atoms with Crippen molar-refractivity contribution in [2.24, 2.45) is 4.99 Å². The van der Waals surface area contributed by atoms with Gasteiger partial charge >= 0.3 is 0 Å². The Labute approximate surface area is 172 Å². The Morgan fingerprint density at radius 1 is 1.24 bits per heavy atom. The van der Waals surface area contributed by atoms with Crippen LogP contribution in [-0.2, 0) is 9.84 Å². The molecule has 1 aliphatic heterocycles. The molecule has 0 amide bonds. The molecule has 0 aliphatic carbocycles. The number of hydrogen-bond acceptors (Lipinski definition) is 4. The molecule has 25 heavy (non-hydrogen) atoms. The molecule has 0 saturated carbocycles. The lowest BCUT2D eigenvalue weighted by Gasteiger charge is -2.38. The van der Waals surface area contributed by atoms with E-state index in [2.05, 4.69) is 20.1 Å².